The van der Waals surface area contributed by atoms with Gasteiger partial charge in [-0.15, -0.1) is 12.4 Å². The number of ether oxygens (including phenoxy) is 1. The monoisotopic (exact) mass is 236 g/mol. The third-order valence-electron chi connectivity index (χ3n) is 1.50. The summed E-state index contributed by atoms with van der Waals surface area (Å²) >= 11 is 5.70. The first kappa shape index (κ1) is 13.1. The average molecular weight is 237 g/mol. The molecule has 14 heavy (non-hydrogen) atoms. The van der Waals surface area contributed by atoms with Gasteiger partial charge in [-0.1, -0.05) is 17.7 Å². The van der Waals surface area contributed by atoms with Gasteiger partial charge >= 0.3 is 5.97 Å². The minimum atomic E-state index is -1.00. The van der Waals surface area contributed by atoms with Crippen LogP contribution < -0.4 is 4.74 Å². The quantitative estimate of drug-likeness (QED) is 0.878. The van der Waals surface area contributed by atoms with Gasteiger partial charge in [-0.3, -0.25) is 0 Å². The Balaban J connectivity index is 0.00000169. The lowest BCUT2D eigenvalue weighted by Gasteiger charge is -2.06. The van der Waals surface area contributed by atoms with Crippen LogP contribution in [-0.2, 0) is 4.79 Å². The van der Waals surface area contributed by atoms with Crippen LogP contribution in [0, 0.1) is 6.92 Å². The minimum Gasteiger partial charge on any atom is -0.482 e. The number of aryl methyl sites for hydroxylation is 1. The van der Waals surface area contributed by atoms with E-state index in [0.717, 1.165) is 5.56 Å². The second-order valence-electron chi connectivity index (χ2n) is 2.59. The molecule has 0 aliphatic rings. The molecular formula is C9H10Cl2O3. The number of halogens is 2. The number of hydrogen-bond donors (Lipinski definition) is 1. The number of benzene rings is 1. The van der Waals surface area contributed by atoms with Crippen molar-refractivity contribution in [2.24, 2.45) is 0 Å². The SMILES string of the molecule is Cc1ccc(Cl)cc1OCC(=O)O.Cl. The van der Waals surface area contributed by atoms with Crippen LogP contribution in [-0.4, -0.2) is 17.7 Å². The third kappa shape index (κ3) is 3.85. The van der Waals surface area contributed by atoms with E-state index in [0.29, 0.717) is 10.8 Å². The van der Waals surface area contributed by atoms with Crippen LogP contribution in [0.2, 0.25) is 5.02 Å². The summed E-state index contributed by atoms with van der Waals surface area (Å²) in [7, 11) is 0. The van der Waals surface area contributed by atoms with Crippen LogP contribution in [0.3, 0.4) is 0 Å². The Morgan fingerprint density at radius 1 is 1.57 bits per heavy atom. The maximum Gasteiger partial charge on any atom is 0.341 e. The Bertz CT molecular complexity index is 326. The molecule has 0 amide bonds. The lowest BCUT2D eigenvalue weighted by molar-refractivity contribution is -0.139. The van der Waals surface area contributed by atoms with Gasteiger partial charge in [0.25, 0.3) is 0 Å². The zero-order chi connectivity index (χ0) is 9.84. The van der Waals surface area contributed by atoms with Crippen molar-refractivity contribution in [2.75, 3.05) is 6.61 Å². The van der Waals surface area contributed by atoms with E-state index >= 15 is 0 Å². The zero-order valence-corrected chi connectivity index (χ0v) is 9.06. The highest BCUT2D eigenvalue weighted by Gasteiger charge is 2.02. The molecule has 0 unspecified atom stereocenters. The summed E-state index contributed by atoms with van der Waals surface area (Å²) in [6.45, 7) is 1.48. The molecule has 3 nitrogen and oxygen atoms in total. The first-order valence-corrected chi connectivity index (χ1v) is 4.08. The predicted molar refractivity (Wildman–Crippen MR) is 56.6 cm³/mol. The molecule has 1 rings (SSSR count). The van der Waals surface area contributed by atoms with Gasteiger partial charge in [-0.2, -0.15) is 0 Å². The molecule has 1 aromatic rings. The molecule has 0 heterocycles. The van der Waals surface area contributed by atoms with Gasteiger partial charge in [0.05, 0.1) is 0 Å². The average Bonchev–Trinajstić information content (AvgIpc) is 2.06. The minimum absolute atomic E-state index is 0. The molecule has 0 bridgehead atoms. The van der Waals surface area contributed by atoms with Gasteiger partial charge < -0.3 is 9.84 Å². The fraction of sp³-hybridized carbons (Fsp3) is 0.222. The molecule has 1 N–H and O–H groups in total. The van der Waals surface area contributed by atoms with Crippen LogP contribution in [0.4, 0.5) is 0 Å². The van der Waals surface area contributed by atoms with Crippen LogP contribution >= 0.6 is 24.0 Å². The zero-order valence-electron chi connectivity index (χ0n) is 7.49. The van der Waals surface area contributed by atoms with Gasteiger partial charge in [0, 0.05) is 5.02 Å². The normalized spacial score (nSPS) is 9.00. The van der Waals surface area contributed by atoms with E-state index in [2.05, 4.69) is 0 Å². The van der Waals surface area contributed by atoms with Gasteiger partial charge in [-0.05, 0) is 24.6 Å². The topological polar surface area (TPSA) is 46.5 Å². The Kier molecular flexibility index (Phi) is 5.35. The molecule has 0 atom stereocenters. The Morgan fingerprint density at radius 2 is 2.21 bits per heavy atom. The van der Waals surface area contributed by atoms with E-state index in [1.165, 1.54) is 0 Å². The van der Waals surface area contributed by atoms with Gasteiger partial charge in [0.15, 0.2) is 6.61 Å². The summed E-state index contributed by atoms with van der Waals surface area (Å²) < 4.78 is 5.00. The highest BCUT2D eigenvalue weighted by Crippen LogP contribution is 2.22. The standard InChI is InChI=1S/C9H9ClO3.ClH/c1-6-2-3-7(10)4-8(6)13-5-9(11)12;/h2-4H,5H2,1H3,(H,11,12);1H. The van der Waals surface area contributed by atoms with E-state index in [9.17, 15) is 4.79 Å². The number of aliphatic carboxylic acids is 1. The lowest BCUT2D eigenvalue weighted by Crippen LogP contribution is -2.09. The van der Waals surface area contributed by atoms with E-state index in [-0.39, 0.29) is 19.0 Å². The molecule has 0 saturated heterocycles. The Morgan fingerprint density at radius 3 is 2.79 bits per heavy atom. The van der Waals surface area contributed by atoms with Crippen molar-refractivity contribution < 1.29 is 14.6 Å². The highest BCUT2D eigenvalue weighted by atomic mass is 35.5. The second-order valence-corrected chi connectivity index (χ2v) is 3.03. The Hall–Kier alpha value is -0.930. The maximum atomic E-state index is 10.2. The molecule has 0 radical (unpaired) electrons. The molecule has 0 saturated carbocycles. The number of carboxylic acid groups (broad SMARTS) is 1. The van der Waals surface area contributed by atoms with Crippen molar-refractivity contribution in [3.63, 3.8) is 0 Å². The van der Waals surface area contributed by atoms with Crippen LogP contribution in [0.1, 0.15) is 5.56 Å². The van der Waals surface area contributed by atoms with Crippen LogP contribution in [0.15, 0.2) is 18.2 Å². The summed E-state index contributed by atoms with van der Waals surface area (Å²) in [5.74, 6) is -0.491. The number of carbonyl (C=O) groups is 1. The van der Waals surface area contributed by atoms with Crippen molar-refractivity contribution in [1.29, 1.82) is 0 Å². The summed E-state index contributed by atoms with van der Waals surface area (Å²) in [4.78, 5) is 10.2. The van der Waals surface area contributed by atoms with Crippen LogP contribution in [0.25, 0.3) is 0 Å². The summed E-state index contributed by atoms with van der Waals surface area (Å²) in [5.41, 5.74) is 0.866. The van der Waals surface area contributed by atoms with Gasteiger partial charge in [0.2, 0.25) is 0 Å². The molecule has 0 aliphatic carbocycles. The third-order valence-corrected chi connectivity index (χ3v) is 1.74. The number of rotatable bonds is 3. The molecular weight excluding hydrogens is 227 g/mol. The number of carboxylic acids is 1. The van der Waals surface area contributed by atoms with Crippen molar-refractivity contribution in [1.82, 2.24) is 0 Å². The summed E-state index contributed by atoms with van der Waals surface area (Å²) in [6.07, 6.45) is 0. The summed E-state index contributed by atoms with van der Waals surface area (Å²) in [6, 6.07) is 5.10. The van der Waals surface area contributed by atoms with Crippen molar-refractivity contribution in [3.05, 3.63) is 28.8 Å². The molecule has 0 fully saturated rings. The Labute approximate surface area is 93.1 Å². The van der Waals surface area contributed by atoms with Gasteiger partial charge in [0.1, 0.15) is 5.75 Å². The predicted octanol–water partition coefficient (Wildman–Crippen LogP) is 2.53. The van der Waals surface area contributed by atoms with E-state index < -0.39 is 5.97 Å². The molecule has 0 aliphatic heterocycles. The molecule has 0 spiro atoms. The van der Waals surface area contributed by atoms with E-state index in [1.807, 2.05) is 6.92 Å². The fourth-order valence-electron chi connectivity index (χ4n) is 0.869. The molecule has 78 valence electrons. The first-order chi connectivity index (χ1) is 6.09. The van der Waals surface area contributed by atoms with Crippen LogP contribution in [0.5, 0.6) is 5.75 Å². The lowest BCUT2D eigenvalue weighted by atomic mass is 10.2. The first-order valence-electron chi connectivity index (χ1n) is 3.70. The second kappa shape index (κ2) is 5.73. The van der Waals surface area contributed by atoms with Crippen molar-refractivity contribution in [3.8, 4) is 5.75 Å². The smallest absolute Gasteiger partial charge is 0.341 e. The van der Waals surface area contributed by atoms with Crippen molar-refractivity contribution in [2.45, 2.75) is 6.92 Å². The van der Waals surface area contributed by atoms with Gasteiger partial charge in [-0.25, -0.2) is 4.79 Å². The highest BCUT2D eigenvalue weighted by molar-refractivity contribution is 6.30. The fourth-order valence-corrected chi connectivity index (χ4v) is 1.03. The number of hydrogen-bond acceptors (Lipinski definition) is 2. The maximum absolute atomic E-state index is 10.2. The molecule has 1 aromatic carbocycles. The van der Waals surface area contributed by atoms with Crippen molar-refractivity contribution >= 4 is 30.0 Å². The van der Waals surface area contributed by atoms with E-state index in [1.54, 1.807) is 18.2 Å². The summed E-state index contributed by atoms with van der Waals surface area (Å²) in [5, 5.41) is 8.91. The largest absolute Gasteiger partial charge is 0.482 e. The van der Waals surface area contributed by atoms with E-state index in [4.69, 9.17) is 21.4 Å². The molecule has 0 aromatic heterocycles. The molecule has 5 heteroatoms.